The summed E-state index contributed by atoms with van der Waals surface area (Å²) in [7, 11) is 0. The van der Waals surface area contributed by atoms with Crippen molar-refractivity contribution >= 4 is 11.6 Å². The Kier molecular flexibility index (Phi) is 7.05. The lowest BCUT2D eigenvalue weighted by molar-refractivity contribution is -0.125. The van der Waals surface area contributed by atoms with E-state index in [1.165, 1.54) is 5.56 Å². The SMILES string of the molecule is C/C(=N\OCC(=O)NCc1ccco1)c1ccc(OCc2ccc(C)cc2)cc1. The maximum absolute atomic E-state index is 11.7. The molecule has 0 aliphatic carbocycles. The van der Waals surface area contributed by atoms with Crippen molar-refractivity contribution in [2.75, 3.05) is 6.61 Å². The van der Waals surface area contributed by atoms with E-state index in [4.69, 9.17) is 14.0 Å². The number of hydrogen-bond donors (Lipinski definition) is 1. The molecule has 0 bridgehead atoms. The van der Waals surface area contributed by atoms with Gasteiger partial charge in [0, 0.05) is 0 Å². The molecule has 6 nitrogen and oxygen atoms in total. The lowest BCUT2D eigenvalue weighted by Gasteiger charge is -2.08. The first kappa shape index (κ1) is 20.2. The molecule has 0 atom stereocenters. The molecular formula is C23H24N2O4. The molecule has 1 heterocycles. The van der Waals surface area contributed by atoms with Gasteiger partial charge in [-0.15, -0.1) is 0 Å². The average Bonchev–Trinajstić information content (AvgIpc) is 3.26. The number of carbonyl (C=O) groups is 1. The van der Waals surface area contributed by atoms with Crippen molar-refractivity contribution in [2.45, 2.75) is 27.0 Å². The van der Waals surface area contributed by atoms with Crippen molar-refractivity contribution in [3.05, 3.63) is 89.4 Å². The van der Waals surface area contributed by atoms with Crippen LogP contribution in [-0.4, -0.2) is 18.2 Å². The minimum atomic E-state index is -0.266. The molecule has 0 aliphatic heterocycles. The summed E-state index contributed by atoms with van der Waals surface area (Å²) in [6, 6.07) is 19.4. The van der Waals surface area contributed by atoms with E-state index in [-0.39, 0.29) is 12.5 Å². The zero-order chi connectivity index (χ0) is 20.5. The summed E-state index contributed by atoms with van der Waals surface area (Å²) in [5.74, 6) is 1.20. The zero-order valence-corrected chi connectivity index (χ0v) is 16.6. The van der Waals surface area contributed by atoms with Crippen molar-refractivity contribution in [3.8, 4) is 5.75 Å². The number of benzene rings is 2. The Balaban J connectivity index is 1.43. The number of amides is 1. The van der Waals surface area contributed by atoms with Crippen molar-refractivity contribution in [2.24, 2.45) is 5.16 Å². The van der Waals surface area contributed by atoms with E-state index in [1.54, 1.807) is 18.4 Å². The van der Waals surface area contributed by atoms with E-state index in [0.717, 1.165) is 16.9 Å². The fourth-order valence-electron chi connectivity index (χ4n) is 2.53. The molecular weight excluding hydrogens is 368 g/mol. The van der Waals surface area contributed by atoms with Crippen LogP contribution >= 0.6 is 0 Å². The Morgan fingerprint density at radius 2 is 1.83 bits per heavy atom. The predicted molar refractivity (Wildman–Crippen MR) is 111 cm³/mol. The first-order valence-electron chi connectivity index (χ1n) is 9.34. The number of furan rings is 1. The van der Waals surface area contributed by atoms with Gasteiger partial charge < -0.3 is 19.3 Å². The van der Waals surface area contributed by atoms with Crippen LogP contribution in [0.5, 0.6) is 5.75 Å². The largest absolute Gasteiger partial charge is 0.489 e. The number of hydrogen-bond acceptors (Lipinski definition) is 5. The normalized spacial score (nSPS) is 11.2. The summed E-state index contributed by atoms with van der Waals surface area (Å²) in [4.78, 5) is 16.9. The highest BCUT2D eigenvalue weighted by Gasteiger charge is 2.04. The number of aryl methyl sites for hydroxylation is 1. The molecule has 0 saturated carbocycles. The minimum Gasteiger partial charge on any atom is -0.489 e. The predicted octanol–water partition coefficient (Wildman–Crippen LogP) is 4.22. The van der Waals surface area contributed by atoms with Gasteiger partial charge in [-0.2, -0.15) is 0 Å². The average molecular weight is 392 g/mol. The molecule has 0 fully saturated rings. The third-order valence-corrected chi connectivity index (χ3v) is 4.24. The maximum atomic E-state index is 11.7. The molecule has 150 valence electrons. The van der Waals surface area contributed by atoms with Crippen molar-refractivity contribution in [1.29, 1.82) is 0 Å². The van der Waals surface area contributed by atoms with Crippen LogP contribution in [0.3, 0.4) is 0 Å². The lowest BCUT2D eigenvalue weighted by Crippen LogP contribution is -2.26. The Labute approximate surface area is 170 Å². The van der Waals surface area contributed by atoms with Gasteiger partial charge in [0.25, 0.3) is 5.91 Å². The standard InChI is InChI=1S/C23H24N2O4/c1-17-5-7-19(8-6-17)15-28-21-11-9-20(10-12-21)18(2)25-29-16-23(26)24-14-22-4-3-13-27-22/h3-13H,14-16H2,1-2H3,(H,24,26)/b25-18+. The summed E-state index contributed by atoms with van der Waals surface area (Å²) in [5, 5.41) is 6.70. The van der Waals surface area contributed by atoms with Crippen molar-refractivity contribution < 1.29 is 18.8 Å². The van der Waals surface area contributed by atoms with Crippen molar-refractivity contribution in [3.63, 3.8) is 0 Å². The van der Waals surface area contributed by atoms with Crippen molar-refractivity contribution in [1.82, 2.24) is 5.32 Å². The molecule has 1 aromatic heterocycles. The first-order valence-corrected chi connectivity index (χ1v) is 9.34. The molecule has 1 N–H and O–H groups in total. The Morgan fingerprint density at radius 1 is 1.07 bits per heavy atom. The van der Waals surface area contributed by atoms with Crippen LogP contribution < -0.4 is 10.1 Å². The number of oxime groups is 1. The van der Waals surface area contributed by atoms with Gasteiger partial charge in [0.15, 0.2) is 6.61 Å². The van der Waals surface area contributed by atoms with E-state index in [2.05, 4.69) is 41.7 Å². The third kappa shape index (κ3) is 6.53. The molecule has 0 spiro atoms. The highest BCUT2D eigenvalue weighted by molar-refractivity contribution is 5.98. The molecule has 1 amide bonds. The van der Waals surface area contributed by atoms with Crippen LogP contribution in [-0.2, 0) is 22.8 Å². The van der Waals surface area contributed by atoms with Crippen LogP contribution in [0.1, 0.15) is 29.4 Å². The summed E-state index contributed by atoms with van der Waals surface area (Å²) < 4.78 is 11.0. The van der Waals surface area contributed by atoms with E-state index in [9.17, 15) is 4.79 Å². The summed E-state index contributed by atoms with van der Waals surface area (Å²) in [5.41, 5.74) is 3.92. The van der Waals surface area contributed by atoms with Gasteiger partial charge in [0.1, 0.15) is 18.1 Å². The van der Waals surface area contributed by atoms with Gasteiger partial charge in [0.05, 0.1) is 18.5 Å². The summed E-state index contributed by atoms with van der Waals surface area (Å²) in [6.45, 7) is 4.56. The molecule has 3 aromatic rings. The summed E-state index contributed by atoms with van der Waals surface area (Å²) in [6.07, 6.45) is 1.56. The van der Waals surface area contributed by atoms with E-state index in [1.807, 2.05) is 31.2 Å². The number of rotatable bonds is 9. The fourth-order valence-corrected chi connectivity index (χ4v) is 2.53. The minimum absolute atomic E-state index is 0.157. The van der Waals surface area contributed by atoms with Gasteiger partial charge in [0.2, 0.25) is 0 Å². The van der Waals surface area contributed by atoms with Gasteiger partial charge in [-0.1, -0.05) is 35.0 Å². The van der Waals surface area contributed by atoms with E-state index >= 15 is 0 Å². The molecule has 29 heavy (non-hydrogen) atoms. The zero-order valence-electron chi connectivity index (χ0n) is 16.6. The van der Waals surface area contributed by atoms with Crippen LogP contribution in [0.25, 0.3) is 0 Å². The van der Waals surface area contributed by atoms with Gasteiger partial charge in [-0.25, -0.2) is 0 Å². The third-order valence-electron chi connectivity index (χ3n) is 4.24. The van der Waals surface area contributed by atoms with Crippen LogP contribution in [0.15, 0.2) is 76.5 Å². The van der Waals surface area contributed by atoms with Gasteiger partial charge in [-0.3, -0.25) is 4.79 Å². The molecule has 0 unspecified atom stereocenters. The van der Waals surface area contributed by atoms with Gasteiger partial charge in [-0.05, 0) is 61.4 Å². The molecule has 0 aliphatic rings. The smallest absolute Gasteiger partial charge is 0.261 e. The van der Waals surface area contributed by atoms with Crippen LogP contribution in [0.4, 0.5) is 0 Å². The molecule has 6 heteroatoms. The number of nitrogens with zero attached hydrogens (tertiary/aromatic N) is 1. The molecule has 2 aromatic carbocycles. The van der Waals surface area contributed by atoms with Crippen LogP contribution in [0, 0.1) is 6.92 Å². The summed E-state index contributed by atoms with van der Waals surface area (Å²) >= 11 is 0. The second-order valence-electron chi connectivity index (χ2n) is 6.60. The second-order valence-corrected chi connectivity index (χ2v) is 6.60. The topological polar surface area (TPSA) is 73.1 Å². The van der Waals surface area contributed by atoms with Crippen LogP contribution in [0.2, 0.25) is 0 Å². The second kappa shape index (κ2) is 10.1. The molecule has 3 rings (SSSR count). The maximum Gasteiger partial charge on any atom is 0.261 e. The highest BCUT2D eigenvalue weighted by atomic mass is 16.6. The quantitative estimate of drug-likeness (QED) is 0.437. The number of nitrogens with one attached hydrogen (secondary N) is 1. The molecule has 0 saturated heterocycles. The number of ether oxygens (including phenoxy) is 1. The van der Waals surface area contributed by atoms with Gasteiger partial charge >= 0.3 is 0 Å². The Hall–Kier alpha value is -3.54. The number of carbonyl (C=O) groups excluding carboxylic acids is 1. The lowest BCUT2D eigenvalue weighted by atomic mass is 10.1. The first-order chi connectivity index (χ1) is 14.1. The Morgan fingerprint density at radius 3 is 2.52 bits per heavy atom. The molecule has 0 radical (unpaired) electrons. The van der Waals surface area contributed by atoms with E-state index in [0.29, 0.717) is 24.6 Å². The Bertz CT molecular complexity index is 930. The fraction of sp³-hybridized carbons (Fsp3) is 0.217. The highest BCUT2D eigenvalue weighted by Crippen LogP contribution is 2.15. The monoisotopic (exact) mass is 392 g/mol. The van der Waals surface area contributed by atoms with E-state index < -0.39 is 0 Å².